The molecule has 0 bridgehead atoms. The molecule has 0 radical (unpaired) electrons. The van der Waals surface area contributed by atoms with Gasteiger partial charge in [0.2, 0.25) is 0 Å². The van der Waals surface area contributed by atoms with Gasteiger partial charge in [0, 0.05) is 10.9 Å². The highest BCUT2D eigenvalue weighted by Gasteiger charge is 2.30. The van der Waals surface area contributed by atoms with Crippen molar-refractivity contribution >= 4 is 17.2 Å². The van der Waals surface area contributed by atoms with E-state index in [9.17, 15) is 13.2 Å². The average Bonchev–Trinajstić information content (AvgIpc) is 2.63. The zero-order valence-corrected chi connectivity index (χ0v) is 8.77. The largest absolute Gasteiger partial charge is 0.416 e. The predicted molar refractivity (Wildman–Crippen MR) is 57.0 cm³/mol. The van der Waals surface area contributed by atoms with E-state index in [2.05, 4.69) is 4.37 Å². The van der Waals surface area contributed by atoms with Crippen molar-refractivity contribution in [2.24, 2.45) is 0 Å². The lowest BCUT2D eigenvalue weighted by molar-refractivity contribution is -0.137. The number of anilines is 1. The van der Waals surface area contributed by atoms with Crippen LogP contribution in [0.3, 0.4) is 0 Å². The maximum atomic E-state index is 12.5. The minimum atomic E-state index is -4.35. The van der Waals surface area contributed by atoms with Crippen molar-refractivity contribution in [1.29, 1.82) is 0 Å². The third-order valence-electron chi connectivity index (χ3n) is 2.06. The van der Waals surface area contributed by atoms with Gasteiger partial charge in [0.15, 0.2) is 0 Å². The van der Waals surface area contributed by atoms with Crippen LogP contribution in [0.4, 0.5) is 18.9 Å². The van der Waals surface area contributed by atoms with Crippen molar-refractivity contribution in [1.82, 2.24) is 4.37 Å². The number of halogens is 3. The van der Waals surface area contributed by atoms with E-state index in [-0.39, 0.29) is 0 Å². The van der Waals surface area contributed by atoms with Crippen LogP contribution in [0.15, 0.2) is 29.6 Å². The van der Waals surface area contributed by atoms with Crippen molar-refractivity contribution in [3.63, 3.8) is 0 Å². The molecule has 0 aliphatic rings. The fourth-order valence-corrected chi connectivity index (χ4v) is 1.90. The van der Waals surface area contributed by atoms with Crippen LogP contribution >= 0.6 is 11.5 Å². The first-order valence-electron chi connectivity index (χ1n) is 4.36. The number of nitrogens with two attached hydrogens (primary N) is 1. The lowest BCUT2D eigenvalue weighted by Crippen LogP contribution is -2.04. The SMILES string of the molecule is Nc1csnc1-c1cccc(C(F)(F)F)c1. The summed E-state index contributed by atoms with van der Waals surface area (Å²) < 4.78 is 41.3. The molecule has 84 valence electrons. The van der Waals surface area contributed by atoms with Gasteiger partial charge >= 0.3 is 6.18 Å². The Kier molecular flexibility index (Phi) is 2.59. The van der Waals surface area contributed by atoms with E-state index in [1.807, 2.05) is 0 Å². The molecule has 0 saturated heterocycles. The summed E-state index contributed by atoms with van der Waals surface area (Å²) in [5.41, 5.74) is 6.08. The smallest absolute Gasteiger partial charge is 0.396 e. The number of hydrogen-bond donors (Lipinski definition) is 1. The maximum absolute atomic E-state index is 12.5. The van der Waals surface area contributed by atoms with E-state index >= 15 is 0 Å². The first-order valence-corrected chi connectivity index (χ1v) is 5.19. The van der Waals surface area contributed by atoms with E-state index in [4.69, 9.17) is 5.73 Å². The molecule has 0 aliphatic heterocycles. The molecule has 2 N–H and O–H groups in total. The topological polar surface area (TPSA) is 38.9 Å². The summed E-state index contributed by atoms with van der Waals surface area (Å²) in [7, 11) is 0. The second-order valence-electron chi connectivity index (χ2n) is 3.20. The molecule has 0 saturated carbocycles. The van der Waals surface area contributed by atoms with Gasteiger partial charge in [-0.3, -0.25) is 0 Å². The quantitative estimate of drug-likeness (QED) is 0.834. The van der Waals surface area contributed by atoms with Crippen LogP contribution in [0, 0.1) is 0 Å². The van der Waals surface area contributed by atoms with E-state index in [1.54, 1.807) is 11.4 Å². The van der Waals surface area contributed by atoms with Crippen LogP contribution in [-0.2, 0) is 6.18 Å². The van der Waals surface area contributed by atoms with E-state index < -0.39 is 11.7 Å². The highest BCUT2D eigenvalue weighted by molar-refractivity contribution is 7.04. The van der Waals surface area contributed by atoms with Gasteiger partial charge in [-0.15, -0.1) is 0 Å². The van der Waals surface area contributed by atoms with Crippen LogP contribution in [0.2, 0.25) is 0 Å². The molecule has 16 heavy (non-hydrogen) atoms. The number of hydrogen-bond acceptors (Lipinski definition) is 3. The van der Waals surface area contributed by atoms with Crippen LogP contribution in [0.5, 0.6) is 0 Å². The molecule has 0 aliphatic carbocycles. The first-order chi connectivity index (χ1) is 7.48. The Hall–Kier alpha value is -1.56. The molecule has 2 rings (SSSR count). The lowest BCUT2D eigenvalue weighted by Gasteiger charge is -2.07. The van der Waals surface area contributed by atoms with Crippen LogP contribution in [-0.4, -0.2) is 4.37 Å². The summed E-state index contributed by atoms with van der Waals surface area (Å²) in [6, 6.07) is 4.97. The molecule has 0 unspecified atom stereocenters. The Morgan fingerprint density at radius 2 is 2.00 bits per heavy atom. The van der Waals surface area contributed by atoms with Crippen molar-refractivity contribution in [2.75, 3.05) is 5.73 Å². The number of aromatic nitrogens is 1. The lowest BCUT2D eigenvalue weighted by atomic mass is 10.1. The highest BCUT2D eigenvalue weighted by Crippen LogP contribution is 2.33. The Morgan fingerprint density at radius 3 is 2.56 bits per heavy atom. The van der Waals surface area contributed by atoms with E-state index in [0.29, 0.717) is 16.9 Å². The summed E-state index contributed by atoms with van der Waals surface area (Å²) in [6.07, 6.45) is -4.35. The van der Waals surface area contributed by atoms with Crippen LogP contribution in [0.1, 0.15) is 5.56 Å². The molecule has 2 aromatic rings. The first kappa shape index (κ1) is 10.9. The van der Waals surface area contributed by atoms with Gasteiger partial charge in [-0.25, -0.2) is 0 Å². The molecule has 2 nitrogen and oxygen atoms in total. The van der Waals surface area contributed by atoms with Gasteiger partial charge in [0.1, 0.15) is 5.69 Å². The average molecular weight is 244 g/mol. The molecular formula is C10H7F3N2S. The van der Waals surface area contributed by atoms with Gasteiger partial charge in [0.05, 0.1) is 11.3 Å². The van der Waals surface area contributed by atoms with Crippen molar-refractivity contribution < 1.29 is 13.2 Å². The van der Waals surface area contributed by atoms with Crippen molar-refractivity contribution in [3.05, 3.63) is 35.2 Å². The molecule has 0 atom stereocenters. The van der Waals surface area contributed by atoms with Gasteiger partial charge in [-0.05, 0) is 23.7 Å². The molecular weight excluding hydrogens is 237 g/mol. The minimum Gasteiger partial charge on any atom is -0.396 e. The fourth-order valence-electron chi connectivity index (χ4n) is 1.31. The van der Waals surface area contributed by atoms with E-state index in [1.165, 1.54) is 6.07 Å². The van der Waals surface area contributed by atoms with Crippen LogP contribution in [0.25, 0.3) is 11.3 Å². The standard InChI is InChI=1S/C10H7F3N2S/c11-10(12,13)7-3-1-2-6(4-7)9-8(14)5-16-15-9/h1-5H,14H2. The molecule has 1 aromatic heterocycles. The second-order valence-corrected chi connectivity index (χ2v) is 3.83. The number of nitrogen functional groups attached to an aromatic ring is 1. The molecule has 1 heterocycles. The Morgan fingerprint density at radius 1 is 1.25 bits per heavy atom. The van der Waals surface area contributed by atoms with Gasteiger partial charge in [-0.2, -0.15) is 17.5 Å². The molecule has 6 heteroatoms. The summed E-state index contributed by atoms with van der Waals surface area (Å²) in [4.78, 5) is 0. The summed E-state index contributed by atoms with van der Waals surface area (Å²) in [6.45, 7) is 0. The zero-order valence-electron chi connectivity index (χ0n) is 7.95. The van der Waals surface area contributed by atoms with Crippen molar-refractivity contribution in [3.8, 4) is 11.3 Å². The maximum Gasteiger partial charge on any atom is 0.416 e. The minimum absolute atomic E-state index is 0.383. The van der Waals surface area contributed by atoms with Crippen LogP contribution < -0.4 is 5.73 Å². The molecule has 0 fully saturated rings. The van der Waals surface area contributed by atoms with Gasteiger partial charge in [-0.1, -0.05) is 12.1 Å². The summed E-state index contributed by atoms with van der Waals surface area (Å²) in [5.74, 6) is 0. The normalized spacial score (nSPS) is 11.7. The number of alkyl halides is 3. The van der Waals surface area contributed by atoms with Gasteiger partial charge < -0.3 is 5.73 Å². The van der Waals surface area contributed by atoms with E-state index in [0.717, 1.165) is 23.7 Å². The fraction of sp³-hybridized carbons (Fsp3) is 0.100. The van der Waals surface area contributed by atoms with Gasteiger partial charge in [0.25, 0.3) is 0 Å². The Bertz CT molecular complexity index is 505. The zero-order chi connectivity index (χ0) is 11.8. The van der Waals surface area contributed by atoms with Crippen molar-refractivity contribution in [2.45, 2.75) is 6.18 Å². The Balaban J connectivity index is 2.49. The summed E-state index contributed by atoms with van der Waals surface area (Å²) >= 11 is 1.12. The monoisotopic (exact) mass is 244 g/mol. The predicted octanol–water partition coefficient (Wildman–Crippen LogP) is 3.41. The second kappa shape index (κ2) is 3.79. The molecule has 0 spiro atoms. The third-order valence-corrected chi connectivity index (χ3v) is 2.71. The molecule has 1 aromatic carbocycles. The third kappa shape index (κ3) is 2.01. The molecule has 0 amide bonds. The number of nitrogens with zero attached hydrogens (tertiary/aromatic N) is 1. The Labute approximate surface area is 93.7 Å². The number of rotatable bonds is 1. The summed E-state index contributed by atoms with van der Waals surface area (Å²) in [5, 5.41) is 1.59. The number of benzene rings is 1. The highest BCUT2D eigenvalue weighted by atomic mass is 32.1.